The lowest BCUT2D eigenvalue weighted by molar-refractivity contribution is -0.169. The lowest BCUT2D eigenvalue weighted by Crippen LogP contribution is -2.45. The summed E-state index contributed by atoms with van der Waals surface area (Å²) in [5.41, 5.74) is 1.05. The number of carbonyl (C=O) groups excluding carboxylic acids is 1. The lowest BCUT2D eigenvalue weighted by Gasteiger charge is -2.37. The number of amides is 1. The van der Waals surface area contributed by atoms with Crippen molar-refractivity contribution in [3.63, 3.8) is 0 Å². The van der Waals surface area contributed by atoms with Crippen molar-refractivity contribution in [2.75, 3.05) is 43.6 Å². The van der Waals surface area contributed by atoms with Crippen LogP contribution < -0.4 is 15.0 Å². The Bertz CT molecular complexity index is 796. The molecule has 0 radical (unpaired) electrons. The largest absolute Gasteiger partial charge is 0.497 e. The van der Waals surface area contributed by atoms with E-state index >= 15 is 0 Å². The van der Waals surface area contributed by atoms with Crippen LogP contribution >= 0.6 is 0 Å². The fraction of sp³-hybridized carbons (Fsp3) is 0.421. The molecule has 1 aromatic heterocycles. The number of aromatic nitrogens is 2. The Morgan fingerprint density at radius 1 is 1.19 bits per heavy atom. The predicted molar refractivity (Wildman–Crippen MR) is 99.1 cm³/mol. The summed E-state index contributed by atoms with van der Waals surface area (Å²) in [6, 6.07) is 7.18. The summed E-state index contributed by atoms with van der Waals surface area (Å²) in [4.78, 5) is 23.2. The molecule has 0 saturated carbocycles. The van der Waals surface area contributed by atoms with E-state index in [9.17, 15) is 4.79 Å². The topological polar surface area (TPSA) is 85.8 Å². The molecular weight excluding hydrogens is 348 g/mol. The minimum atomic E-state index is -0.424. The highest BCUT2D eigenvalue weighted by Gasteiger charge is 2.40. The van der Waals surface area contributed by atoms with Crippen LogP contribution in [0.15, 0.2) is 36.7 Å². The van der Waals surface area contributed by atoms with Crippen molar-refractivity contribution >= 4 is 17.5 Å². The first kappa shape index (κ1) is 17.7. The molecule has 142 valence electrons. The first-order valence-electron chi connectivity index (χ1n) is 8.98. The summed E-state index contributed by atoms with van der Waals surface area (Å²) in [5.74, 6) is 0.603. The molecule has 0 unspecified atom stereocenters. The molecule has 27 heavy (non-hydrogen) atoms. The number of ether oxygens (including phenoxy) is 3. The average molecular weight is 370 g/mol. The van der Waals surface area contributed by atoms with E-state index in [1.54, 1.807) is 31.6 Å². The van der Waals surface area contributed by atoms with E-state index in [1.807, 2.05) is 12.1 Å². The van der Waals surface area contributed by atoms with E-state index in [2.05, 4.69) is 20.2 Å². The van der Waals surface area contributed by atoms with E-state index in [-0.39, 0.29) is 5.91 Å². The molecule has 4 rings (SSSR count). The summed E-state index contributed by atoms with van der Waals surface area (Å²) in [6.07, 6.45) is 4.67. The van der Waals surface area contributed by atoms with E-state index < -0.39 is 5.79 Å². The van der Waals surface area contributed by atoms with Crippen LogP contribution in [0.1, 0.15) is 23.2 Å². The van der Waals surface area contributed by atoms with Crippen LogP contribution in [0.4, 0.5) is 11.6 Å². The molecule has 0 aliphatic carbocycles. The zero-order chi connectivity index (χ0) is 18.7. The fourth-order valence-electron chi connectivity index (χ4n) is 3.34. The highest BCUT2D eigenvalue weighted by Crippen LogP contribution is 2.32. The number of hydrogen-bond acceptors (Lipinski definition) is 7. The molecule has 0 bridgehead atoms. The molecule has 2 aliphatic heterocycles. The van der Waals surface area contributed by atoms with Crippen LogP contribution in [0.2, 0.25) is 0 Å². The Morgan fingerprint density at radius 2 is 1.89 bits per heavy atom. The highest BCUT2D eigenvalue weighted by molar-refractivity contribution is 6.04. The smallest absolute Gasteiger partial charge is 0.258 e. The van der Waals surface area contributed by atoms with Crippen molar-refractivity contribution in [3.8, 4) is 5.75 Å². The molecule has 1 N–H and O–H groups in total. The van der Waals surface area contributed by atoms with Gasteiger partial charge in [-0.15, -0.1) is 0 Å². The molecule has 3 heterocycles. The van der Waals surface area contributed by atoms with Crippen LogP contribution in [-0.2, 0) is 9.47 Å². The Balaban J connectivity index is 1.37. The maximum atomic E-state index is 12.4. The summed E-state index contributed by atoms with van der Waals surface area (Å²) < 4.78 is 16.6. The van der Waals surface area contributed by atoms with Crippen molar-refractivity contribution < 1.29 is 19.0 Å². The minimum Gasteiger partial charge on any atom is -0.497 e. The third kappa shape index (κ3) is 3.86. The van der Waals surface area contributed by atoms with Gasteiger partial charge in [0.2, 0.25) is 5.95 Å². The second-order valence-corrected chi connectivity index (χ2v) is 6.55. The molecule has 8 heteroatoms. The minimum absolute atomic E-state index is 0.264. The van der Waals surface area contributed by atoms with Gasteiger partial charge in [0.05, 0.1) is 25.9 Å². The Kier molecular flexibility index (Phi) is 4.91. The number of methoxy groups -OCH3 is 1. The quantitative estimate of drug-likeness (QED) is 0.882. The zero-order valence-electron chi connectivity index (χ0n) is 15.2. The summed E-state index contributed by atoms with van der Waals surface area (Å²) >= 11 is 0. The van der Waals surface area contributed by atoms with Gasteiger partial charge in [-0.2, -0.15) is 0 Å². The number of carbonyl (C=O) groups is 1. The third-order valence-corrected chi connectivity index (χ3v) is 4.85. The number of piperidine rings is 1. The number of hydrogen-bond donors (Lipinski definition) is 1. The third-order valence-electron chi connectivity index (χ3n) is 4.85. The van der Waals surface area contributed by atoms with E-state index in [0.717, 1.165) is 25.9 Å². The second-order valence-electron chi connectivity index (χ2n) is 6.55. The first-order valence-corrected chi connectivity index (χ1v) is 8.98. The highest BCUT2D eigenvalue weighted by atomic mass is 16.7. The standard InChI is InChI=1S/C19H22N4O4/c1-25-16-4-2-3-15(11-16)22-17(24)14-12-20-18(21-13-14)23-7-5-19(6-8-23)26-9-10-27-19/h2-4,11-13H,5-10H2,1H3,(H,22,24). The van der Waals surface area contributed by atoms with Gasteiger partial charge in [0, 0.05) is 50.1 Å². The van der Waals surface area contributed by atoms with Gasteiger partial charge in [0.25, 0.3) is 5.91 Å². The number of benzene rings is 1. The monoisotopic (exact) mass is 370 g/mol. The molecule has 1 amide bonds. The van der Waals surface area contributed by atoms with Crippen molar-refractivity contribution in [3.05, 3.63) is 42.2 Å². The van der Waals surface area contributed by atoms with Gasteiger partial charge < -0.3 is 24.4 Å². The summed E-state index contributed by atoms with van der Waals surface area (Å²) in [7, 11) is 1.58. The van der Waals surface area contributed by atoms with Crippen LogP contribution in [0.25, 0.3) is 0 Å². The maximum Gasteiger partial charge on any atom is 0.258 e. The number of nitrogens with zero attached hydrogens (tertiary/aromatic N) is 3. The van der Waals surface area contributed by atoms with Gasteiger partial charge in [0.15, 0.2) is 5.79 Å². The van der Waals surface area contributed by atoms with Crippen LogP contribution in [0.5, 0.6) is 5.75 Å². The molecular formula is C19H22N4O4. The molecule has 1 spiro atoms. The molecule has 0 atom stereocenters. The van der Waals surface area contributed by atoms with E-state index in [0.29, 0.717) is 36.2 Å². The summed E-state index contributed by atoms with van der Waals surface area (Å²) in [6.45, 7) is 2.84. The van der Waals surface area contributed by atoms with Crippen LogP contribution in [0.3, 0.4) is 0 Å². The molecule has 2 aliphatic rings. The van der Waals surface area contributed by atoms with Crippen LogP contribution in [0, 0.1) is 0 Å². The average Bonchev–Trinajstić information content (AvgIpc) is 3.17. The molecule has 8 nitrogen and oxygen atoms in total. The van der Waals surface area contributed by atoms with Crippen molar-refractivity contribution in [1.82, 2.24) is 9.97 Å². The Hall–Kier alpha value is -2.71. The van der Waals surface area contributed by atoms with E-state index in [4.69, 9.17) is 14.2 Å². The first-order chi connectivity index (χ1) is 13.2. The van der Waals surface area contributed by atoms with Crippen molar-refractivity contribution in [1.29, 1.82) is 0 Å². The second kappa shape index (κ2) is 7.50. The van der Waals surface area contributed by atoms with Crippen LogP contribution in [-0.4, -0.2) is 55.1 Å². The normalized spacial score (nSPS) is 18.5. The fourth-order valence-corrected chi connectivity index (χ4v) is 3.34. The van der Waals surface area contributed by atoms with Gasteiger partial charge in [-0.05, 0) is 12.1 Å². The van der Waals surface area contributed by atoms with Gasteiger partial charge in [0.1, 0.15) is 5.75 Å². The van der Waals surface area contributed by atoms with Crippen molar-refractivity contribution in [2.24, 2.45) is 0 Å². The van der Waals surface area contributed by atoms with Crippen molar-refractivity contribution in [2.45, 2.75) is 18.6 Å². The summed E-state index contributed by atoms with van der Waals surface area (Å²) in [5, 5.41) is 2.82. The molecule has 2 aromatic rings. The lowest BCUT2D eigenvalue weighted by atomic mass is 10.0. The molecule has 2 fully saturated rings. The SMILES string of the molecule is COc1cccc(NC(=O)c2cnc(N3CCC4(CC3)OCCO4)nc2)c1. The number of nitrogens with one attached hydrogen (secondary N) is 1. The van der Waals surface area contributed by atoms with Gasteiger partial charge in [-0.25, -0.2) is 9.97 Å². The maximum absolute atomic E-state index is 12.4. The van der Waals surface area contributed by atoms with E-state index in [1.165, 1.54) is 0 Å². The van der Waals surface area contributed by atoms with Gasteiger partial charge >= 0.3 is 0 Å². The Labute approximate surface area is 157 Å². The van der Waals surface area contributed by atoms with Gasteiger partial charge in [-0.1, -0.05) is 6.07 Å². The number of rotatable bonds is 4. The molecule has 1 aromatic carbocycles. The predicted octanol–water partition coefficient (Wildman–Crippen LogP) is 2.08. The van der Waals surface area contributed by atoms with Gasteiger partial charge in [-0.3, -0.25) is 4.79 Å². The molecule has 2 saturated heterocycles. The zero-order valence-corrected chi connectivity index (χ0v) is 15.2. The number of anilines is 2. The Morgan fingerprint density at radius 3 is 2.56 bits per heavy atom.